The highest BCUT2D eigenvalue weighted by Crippen LogP contribution is 2.29. The summed E-state index contributed by atoms with van der Waals surface area (Å²) in [6.45, 7) is 3.04. The average Bonchev–Trinajstić information content (AvgIpc) is 3.22. The number of hydrazone groups is 1. The van der Waals surface area contributed by atoms with Gasteiger partial charge in [-0.25, -0.2) is 15.4 Å². The molecule has 3 aliphatic heterocycles. The number of halogens is 5. The molecule has 4 rings (SSSR count). The van der Waals surface area contributed by atoms with Gasteiger partial charge in [0.2, 0.25) is 5.95 Å². The van der Waals surface area contributed by atoms with E-state index < -0.39 is 41.4 Å². The smallest absolute Gasteiger partial charge is 0.366 e. The number of alkyl halides is 3. The summed E-state index contributed by atoms with van der Waals surface area (Å²) in [6, 6.07) is -0.669. The van der Waals surface area contributed by atoms with E-state index in [4.69, 9.17) is 4.74 Å². The lowest BCUT2D eigenvalue weighted by Crippen LogP contribution is -2.47. The van der Waals surface area contributed by atoms with Gasteiger partial charge in [-0.05, 0) is 19.8 Å². The fourth-order valence-electron chi connectivity index (χ4n) is 4.40. The minimum Gasteiger partial charge on any atom is -0.366 e. The van der Waals surface area contributed by atoms with Crippen LogP contribution in [0.15, 0.2) is 34.1 Å². The van der Waals surface area contributed by atoms with Crippen LogP contribution in [0.3, 0.4) is 0 Å². The van der Waals surface area contributed by atoms with Crippen molar-refractivity contribution in [2.45, 2.75) is 50.6 Å². The topological polar surface area (TPSA) is 112 Å². The highest BCUT2D eigenvalue weighted by atomic mass is 19.4. The van der Waals surface area contributed by atoms with Crippen LogP contribution in [-0.4, -0.2) is 83.0 Å². The second kappa shape index (κ2) is 10.9. The molecule has 0 bridgehead atoms. The number of carbonyl (C=O) groups is 2. The molecule has 3 aliphatic rings. The van der Waals surface area contributed by atoms with E-state index in [1.807, 2.05) is 5.43 Å². The normalized spacial score (nSPS) is 23.1. The van der Waals surface area contributed by atoms with Crippen LogP contribution in [0.25, 0.3) is 0 Å². The molecule has 4 heterocycles. The van der Waals surface area contributed by atoms with E-state index in [-0.39, 0.29) is 30.2 Å². The van der Waals surface area contributed by atoms with Gasteiger partial charge in [-0.1, -0.05) is 0 Å². The highest BCUT2D eigenvalue weighted by Gasteiger charge is 2.38. The van der Waals surface area contributed by atoms with E-state index >= 15 is 0 Å². The SMILES string of the molecule is C[C@@H](CO[C@@H]1CCN(C2CCN(c3ncc(C(F)(F)F)cn3)CC2)C1=O)N=C1C=NNC(=O)C1=C(F)F. The van der Waals surface area contributed by atoms with Gasteiger partial charge in [0.15, 0.2) is 0 Å². The van der Waals surface area contributed by atoms with Crippen LogP contribution >= 0.6 is 0 Å². The Morgan fingerprint density at radius 3 is 2.46 bits per heavy atom. The number of hydrogen-bond acceptors (Lipinski definition) is 8. The molecule has 2 atom stereocenters. The molecule has 2 amide bonds. The number of aromatic nitrogens is 2. The van der Waals surface area contributed by atoms with Crippen molar-refractivity contribution in [3.05, 3.63) is 29.6 Å². The van der Waals surface area contributed by atoms with E-state index in [2.05, 4.69) is 20.1 Å². The zero-order valence-electron chi connectivity index (χ0n) is 19.7. The van der Waals surface area contributed by atoms with Crippen molar-refractivity contribution in [2.75, 3.05) is 31.1 Å². The predicted octanol–water partition coefficient (Wildman–Crippen LogP) is 2.18. The van der Waals surface area contributed by atoms with Crippen molar-refractivity contribution in [1.82, 2.24) is 20.3 Å². The maximum Gasteiger partial charge on any atom is 0.419 e. The van der Waals surface area contributed by atoms with Crippen LogP contribution in [0.2, 0.25) is 0 Å². The molecule has 37 heavy (non-hydrogen) atoms. The number of ether oxygens (including phenoxy) is 1. The third-order valence-corrected chi connectivity index (χ3v) is 6.27. The van der Waals surface area contributed by atoms with E-state index in [1.54, 1.807) is 16.7 Å². The summed E-state index contributed by atoms with van der Waals surface area (Å²) in [7, 11) is 0. The number of hydrogen-bond donors (Lipinski definition) is 1. The van der Waals surface area contributed by atoms with Gasteiger partial charge in [-0.2, -0.15) is 27.1 Å². The van der Waals surface area contributed by atoms with Crippen molar-refractivity contribution >= 4 is 29.7 Å². The molecule has 10 nitrogen and oxygen atoms in total. The highest BCUT2D eigenvalue weighted by molar-refractivity contribution is 6.47. The van der Waals surface area contributed by atoms with Crippen LogP contribution in [0.5, 0.6) is 0 Å². The first kappa shape index (κ1) is 26.6. The molecule has 0 saturated carbocycles. The second-order valence-electron chi connectivity index (χ2n) is 8.83. The van der Waals surface area contributed by atoms with E-state index in [9.17, 15) is 31.5 Å². The minimum atomic E-state index is -4.50. The lowest BCUT2D eigenvalue weighted by atomic mass is 10.0. The molecule has 2 saturated heterocycles. The molecule has 0 radical (unpaired) electrons. The molecule has 200 valence electrons. The monoisotopic (exact) mass is 529 g/mol. The average molecular weight is 529 g/mol. The minimum absolute atomic E-state index is 0.0197. The van der Waals surface area contributed by atoms with Crippen LogP contribution in [0, 0.1) is 0 Å². The summed E-state index contributed by atoms with van der Waals surface area (Å²) in [5.74, 6) is -1.02. The van der Waals surface area contributed by atoms with E-state index in [0.29, 0.717) is 38.9 Å². The van der Waals surface area contributed by atoms with Crippen LogP contribution in [0.4, 0.5) is 27.9 Å². The van der Waals surface area contributed by atoms with Crippen molar-refractivity contribution in [1.29, 1.82) is 0 Å². The summed E-state index contributed by atoms with van der Waals surface area (Å²) in [5, 5.41) is 3.49. The van der Waals surface area contributed by atoms with Gasteiger partial charge < -0.3 is 14.5 Å². The molecular weight excluding hydrogens is 505 g/mol. The van der Waals surface area contributed by atoms with Crippen LogP contribution in [0.1, 0.15) is 31.7 Å². The van der Waals surface area contributed by atoms with E-state index in [0.717, 1.165) is 18.6 Å². The summed E-state index contributed by atoms with van der Waals surface area (Å²) in [5.41, 5.74) is -0.0885. The zero-order chi connectivity index (χ0) is 26.7. The summed E-state index contributed by atoms with van der Waals surface area (Å²) in [6.07, 6.45) is -3.19. The predicted molar refractivity (Wildman–Crippen MR) is 121 cm³/mol. The molecule has 0 unspecified atom stereocenters. The third-order valence-electron chi connectivity index (χ3n) is 6.27. The number of aliphatic imine (C=N–C) groups is 1. The van der Waals surface area contributed by atoms with Gasteiger partial charge >= 0.3 is 6.18 Å². The van der Waals surface area contributed by atoms with Gasteiger partial charge in [-0.15, -0.1) is 0 Å². The number of rotatable bonds is 6. The van der Waals surface area contributed by atoms with Gasteiger partial charge in [0.1, 0.15) is 11.7 Å². The molecule has 15 heteroatoms. The second-order valence-corrected chi connectivity index (χ2v) is 8.83. The van der Waals surface area contributed by atoms with Crippen molar-refractivity contribution < 1.29 is 36.3 Å². The maximum absolute atomic E-state index is 13.1. The first-order valence-electron chi connectivity index (χ1n) is 11.6. The summed E-state index contributed by atoms with van der Waals surface area (Å²) >= 11 is 0. The number of amides is 2. The van der Waals surface area contributed by atoms with Crippen molar-refractivity contribution in [3.8, 4) is 0 Å². The lowest BCUT2D eigenvalue weighted by molar-refractivity contribution is -0.139. The number of nitrogens with zero attached hydrogens (tertiary/aromatic N) is 6. The van der Waals surface area contributed by atoms with Crippen LogP contribution < -0.4 is 10.3 Å². The molecular formula is C22H24F5N7O3. The Morgan fingerprint density at radius 2 is 1.84 bits per heavy atom. The Hall–Kier alpha value is -3.49. The number of nitrogens with one attached hydrogen (secondary N) is 1. The first-order valence-corrected chi connectivity index (χ1v) is 11.6. The quantitative estimate of drug-likeness (QED) is 0.447. The third kappa shape index (κ3) is 6.09. The van der Waals surface area contributed by atoms with Crippen molar-refractivity contribution in [2.24, 2.45) is 10.1 Å². The Labute approximate surface area is 208 Å². The molecule has 2 fully saturated rings. The number of piperidine rings is 1. The van der Waals surface area contributed by atoms with Gasteiger partial charge in [0.05, 0.1) is 30.1 Å². The Morgan fingerprint density at radius 1 is 1.16 bits per heavy atom. The molecule has 1 N–H and O–H groups in total. The molecule has 1 aromatic heterocycles. The Kier molecular flexibility index (Phi) is 7.80. The molecule has 0 spiro atoms. The molecule has 0 aromatic carbocycles. The molecule has 0 aliphatic carbocycles. The largest absolute Gasteiger partial charge is 0.419 e. The fraction of sp³-hybridized carbons (Fsp3) is 0.545. The summed E-state index contributed by atoms with van der Waals surface area (Å²) in [4.78, 5) is 39.8. The first-order chi connectivity index (χ1) is 17.5. The van der Waals surface area contributed by atoms with E-state index in [1.165, 1.54) is 0 Å². The summed E-state index contributed by atoms with van der Waals surface area (Å²) < 4.78 is 70.1. The van der Waals surface area contributed by atoms with Gasteiger partial charge in [-0.3, -0.25) is 14.6 Å². The Balaban J connectivity index is 1.27. The lowest BCUT2D eigenvalue weighted by Gasteiger charge is -2.36. The van der Waals surface area contributed by atoms with Crippen molar-refractivity contribution in [3.63, 3.8) is 0 Å². The standard InChI is InChI=1S/C22H24F5N7O3/c1-12(31-15-10-30-32-19(35)17(15)18(23)24)11-37-16-4-7-34(20(16)36)14-2-5-33(6-3-14)21-28-8-13(9-29-21)22(25,26)27/h8-10,12,14,16H,2-7,11H2,1H3,(H,32,35)/t12-,16+/m0/s1. The Bertz CT molecular complexity index is 1110. The van der Waals surface area contributed by atoms with Gasteiger partial charge in [0, 0.05) is 44.5 Å². The maximum atomic E-state index is 13.1. The number of anilines is 1. The zero-order valence-corrected chi connectivity index (χ0v) is 19.7. The fourth-order valence-corrected chi connectivity index (χ4v) is 4.40. The van der Waals surface area contributed by atoms with Gasteiger partial charge in [0.25, 0.3) is 17.9 Å². The molecule has 1 aromatic rings. The number of likely N-dealkylation sites (tertiary alicyclic amines) is 1. The van der Waals surface area contributed by atoms with Crippen LogP contribution in [-0.2, 0) is 20.5 Å². The number of carbonyl (C=O) groups excluding carboxylic acids is 2.